The van der Waals surface area contributed by atoms with Crippen LogP contribution in [0.15, 0.2) is 75.9 Å². The van der Waals surface area contributed by atoms with E-state index in [1.54, 1.807) is 30.3 Å². The zero-order valence-corrected chi connectivity index (χ0v) is 19.1. The van der Waals surface area contributed by atoms with Crippen molar-refractivity contribution >= 4 is 17.1 Å². The quantitative estimate of drug-likeness (QED) is 0.396. The van der Waals surface area contributed by atoms with Crippen molar-refractivity contribution in [2.75, 3.05) is 7.11 Å². The van der Waals surface area contributed by atoms with E-state index >= 15 is 0 Å². The number of hydrogen-bond donors (Lipinski definition) is 1. The van der Waals surface area contributed by atoms with E-state index < -0.39 is 35.0 Å². The molecular weight excluding hydrogens is 463 g/mol. The number of halogens is 3. The van der Waals surface area contributed by atoms with Crippen LogP contribution in [0.25, 0.3) is 22.2 Å². The standard InChI is InChI=1S/C26H22F3NO5/c1-15(20-13-17(23(31)34-3)9-11-19(20)16-7-5-4-6-8-16)25(33,26(27,28)29)18-10-12-22-21(14-18)30(2)24(32)35-22/h4-15,33H,1-3H3. The molecule has 2 unspecified atom stereocenters. The zero-order chi connectivity index (χ0) is 25.5. The number of aryl methyl sites for hydroxylation is 1. The topological polar surface area (TPSA) is 81.7 Å². The number of oxazole rings is 1. The van der Waals surface area contributed by atoms with E-state index in [4.69, 9.17) is 9.15 Å². The number of benzene rings is 3. The van der Waals surface area contributed by atoms with Gasteiger partial charge in [0.2, 0.25) is 0 Å². The van der Waals surface area contributed by atoms with Crippen molar-refractivity contribution in [3.8, 4) is 11.1 Å². The van der Waals surface area contributed by atoms with E-state index in [9.17, 15) is 27.9 Å². The first-order chi connectivity index (χ1) is 16.5. The Morgan fingerprint density at radius 3 is 2.37 bits per heavy atom. The molecule has 1 N–H and O–H groups in total. The molecular formula is C26H22F3NO5. The number of hydrogen-bond acceptors (Lipinski definition) is 5. The zero-order valence-electron chi connectivity index (χ0n) is 19.1. The van der Waals surface area contributed by atoms with Crippen LogP contribution < -0.4 is 5.76 Å². The van der Waals surface area contributed by atoms with Gasteiger partial charge in [0.15, 0.2) is 11.2 Å². The summed E-state index contributed by atoms with van der Waals surface area (Å²) in [6.45, 7) is 1.24. The predicted molar refractivity (Wildman–Crippen MR) is 123 cm³/mol. The highest BCUT2D eigenvalue weighted by Gasteiger charge is 2.59. The largest absolute Gasteiger partial charge is 0.465 e. The van der Waals surface area contributed by atoms with Gasteiger partial charge in [0, 0.05) is 13.0 Å². The Kier molecular flexibility index (Phi) is 6.06. The average Bonchev–Trinajstić information content (AvgIpc) is 3.14. The van der Waals surface area contributed by atoms with Crippen LogP contribution in [0.1, 0.15) is 34.3 Å². The van der Waals surface area contributed by atoms with Crippen LogP contribution in [-0.2, 0) is 17.4 Å². The number of aliphatic hydroxyl groups is 1. The van der Waals surface area contributed by atoms with E-state index in [1.807, 2.05) is 0 Å². The van der Waals surface area contributed by atoms with Crippen LogP contribution in [0.4, 0.5) is 13.2 Å². The molecule has 0 saturated heterocycles. The molecule has 0 aliphatic rings. The van der Waals surface area contributed by atoms with Crippen LogP contribution in [0.3, 0.4) is 0 Å². The molecule has 2 atom stereocenters. The Hall–Kier alpha value is -3.85. The Morgan fingerprint density at radius 2 is 1.74 bits per heavy atom. The molecule has 4 aromatic rings. The van der Waals surface area contributed by atoms with Gasteiger partial charge in [0.1, 0.15) is 0 Å². The minimum Gasteiger partial charge on any atom is -0.465 e. The smallest absolute Gasteiger partial charge is 0.422 e. The number of fused-ring (bicyclic) bond motifs is 1. The van der Waals surface area contributed by atoms with Crippen LogP contribution in [0.5, 0.6) is 0 Å². The van der Waals surface area contributed by atoms with Gasteiger partial charge in [-0.25, -0.2) is 9.59 Å². The Morgan fingerprint density at radius 1 is 1.06 bits per heavy atom. The lowest BCUT2D eigenvalue weighted by Crippen LogP contribution is -2.46. The second-order valence-corrected chi connectivity index (χ2v) is 8.25. The van der Waals surface area contributed by atoms with Gasteiger partial charge >= 0.3 is 17.9 Å². The van der Waals surface area contributed by atoms with Crippen molar-refractivity contribution in [3.05, 3.63) is 94.0 Å². The number of carbonyl (C=O) groups is 1. The normalized spacial score (nSPS) is 14.5. The first kappa shape index (κ1) is 24.3. The van der Waals surface area contributed by atoms with Gasteiger partial charge in [-0.05, 0) is 46.5 Å². The molecule has 6 nitrogen and oxygen atoms in total. The highest BCUT2D eigenvalue weighted by molar-refractivity contribution is 5.90. The fourth-order valence-electron chi connectivity index (χ4n) is 4.29. The van der Waals surface area contributed by atoms with Crippen molar-refractivity contribution in [1.82, 2.24) is 4.57 Å². The molecule has 0 fully saturated rings. The number of alkyl halides is 3. The lowest BCUT2D eigenvalue weighted by Gasteiger charge is -2.37. The molecule has 0 aliphatic carbocycles. The lowest BCUT2D eigenvalue weighted by atomic mass is 9.75. The van der Waals surface area contributed by atoms with Gasteiger partial charge in [0.25, 0.3) is 0 Å². The highest BCUT2D eigenvalue weighted by Crippen LogP contribution is 2.50. The summed E-state index contributed by atoms with van der Waals surface area (Å²) in [6, 6.07) is 16.4. The summed E-state index contributed by atoms with van der Waals surface area (Å²) < 4.78 is 54.8. The van der Waals surface area contributed by atoms with Crippen molar-refractivity contribution in [1.29, 1.82) is 0 Å². The molecule has 0 amide bonds. The molecule has 35 heavy (non-hydrogen) atoms. The van der Waals surface area contributed by atoms with E-state index in [2.05, 4.69) is 0 Å². The number of methoxy groups -OCH3 is 1. The number of ether oxygens (including phenoxy) is 1. The summed E-state index contributed by atoms with van der Waals surface area (Å²) in [4.78, 5) is 24.0. The maximum absolute atomic E-state index is 14.7. The van der Waals surface area contributed by atoms with Crippen LogP contribution in [0, 0.1) is 0 Å². The Labute approximate surface area is 198 Å². The van der Waals surface area contributed by atoms with E-state index in [1.165, 1.54) is 45.3 Å². The van der Waals surface area contributed by atoms with Gasteiger partial charge in [-0.3, -0.25) is 4.57 Å². The van der Waals surface area contributed by atoms with Crippen molar-refractivity contribution in [3.63, 3.8) is 0 Å². The molecule has 0 spiro atoms. The van der Waals surface area contributed by atoms with E-state index in [0.29, 0.717) is 11.1 Å². The van der Waals surface area contributed by atoms with Gasteiger partial charge in [-0.15, -0.1) is 0 Å². The van der Waals surface area contributed by atoms with Crippen molar-refractivity contribution in [2.24, 2.45) is 7.05 Å². The van der Waals surface area contributed by atoms with E-state index in [-0.39, 0.29) is 22.2 Å². The molecule has 1 heterocycles. The number of esters is 1. The second-order valence-electron chi connectivity index (χ2n) is 8.25. The molecule has 0 radical (unpaired) electrons. The molecule has 182 valence electrons. The maximum Gasteiger partial charge on any atom is 0.422 e. The molecule has 0 aliphatic heterocycles. The van der Waals surface area contributed by atoms with Gasteiger partial charge in [-0.2, -0.15) is 13.2 Å². The third-order valence-electron chi connectivity index (χ3n) is 6.31. The van der Waals surface area contributed by atoms with Gasteiger partial charge in [-0.1, -0.05) is 49.4 Å². The first-order valence-electron chi connectivity index (χ1n) is 10.7. The number of nitrogens with zero attached hydrogens (tertiary/aromatic N) is 1. The van der Waals surface area contributed by atoms with E-state index in [0.717, 1.165) is 16.7 Å². The molecule has 1 aromatic heterocycles. The van der Waals surface area contributed by atoms with Crippen LogP contribution in [-0.4, -0.2) is 28.9 Å². The summed E-state index contributed by atoms with van der Waals surface area (Å²) in [7, 11) is 2.54. The second kappa shape index (κ2) is 8.74. The minimum atomic E-state index is -5.11. The highest BCUT2D eigenvalue weighted by atomic mass is 19.4. The van der Waals surface area contributed by atoms with Crippen molar-refractivity contribution < 1.29 is 32.2 Å². The fraction of sp³-hybridized carbons (Fsp3) is 0.231. The first-order valence-corrected chi connectivity index (χ1v) is 10.7. The molecule has 0 bridgehead atoms. The third kappa shape index (κ3) is 4.01. The average molecular weight is 485 g/mol. The summed E-state index contributed by atoms with van der Waals surface area (Å²) in [5.41, 5.74) is -2.46. The molecule has 4 rings (SSSR count). The SMILES string of the molecule is COC(=O)c1ccc(-c2ccccc2)c(C(C)C(O)(c2ccc3oc(=O)n(C)c3c2)C(F)(F)F)c1. The molecule has 3 aromatic carbocycles. The Bertz CT molecular complexity index is 1460. The third-order valence-corrected chi connectivity index (χ3v) is 6.31. The minimum absolute atomic E-state index is 0.0474. The molecule has 0 saturated carbocycles. The lowest BCUT2D eigenvalue weighted by molar-refractivity contribution is -0.274. The summed E-state index contributed by atoms with van der Waals surface area (Å²) in [5.74, 6) is -3.02. The fourth-order valence-corrected chi connectivity index (χ4v) is 4.29. The summed E-state index contributed by atoms with van der Waals surface area (Å²) in [5, 5.41) is 11.4. The number of carbonyl (C=O) groups excluding carboxylic acids is 1. The predicted octanol–water partition coefficient (Wildman–Crippen LogP) is 5.14. The van der Waals surface area contributed by atoms with Crippen LogP contribution in [0.2, 0.25) is 0 Å². The number of rotatable bonds is 5. The van der Waals surface area contributed by atoms with Crippen molar-refractivity contribution in [2.45, 2.75) is 24.6 Å². The maximum atomic E-state index is 14.7. The molecule has 9 heteroatoms. The summed E-state index contributed by atoms with van der Waals surface area (Å²) in [6.07, 6.45) is -5.11. The monoisotopic (exact) mass is 485 g/mol. The summed E-state index contributed by atoms with van der Waals surface area (Å²) >= 11 is 0. The number of aromatic nitrogens is 1. The van der Waals surface area contributed by atoms with Crippen LogP contribution >= 0.6 is 0 Å². The van der Waals surface area contributed by atoms with Gasteiger partial charge < -0.3 is 14.3 Å². The Balaban J connectivity index is 1.98. The van der Waals surface area contributed by atoms with Gasteiger partial charge in [0.05, 0.1) is 18.2 Å².